The summed E-state index contributed by atoms with van der Waals surface area (Å²) in [7, 11) is 0. The summed E-state index contributed by atoms with van der Waals surface area (Å²) in [4.78, 5) is 17.5. The molecule has 0 atom stereocenters. The van der Waals surface area contributed by atoms with Gasteiger partial charge >= 0.3 is 0 Å². The molecular formula is C18H16N2OS. The van der Waals surface area contributed by atoms with E-state index in [0.717, 1.165) is 22.3 Å². The zero-order valence-corrected chi connectivity index (χ0v) is 12.8. The smallest absolute Gasteiger partial charge is 0.225 e. The molecule has 0 bridgehead atoms. The maximum atomic E-state index is 12.0. The molecule has 1 N–H and O–H groups in total. The van der Waals surface area contributed by atoms with Crippen LogP contribution in [0.3, 0.4) is 0 Å². The predicted octanol–water partition coefficient (Wildman–Crippen LogP) is 4.36. The van der Waals surface area contributed by atoms with Gasteiger partial charge in [0.2, 0.25) is 5.91 Å². The molecule has 1 aromatic heterocycles. The summed E-state index contributed by atoms with van der Waals surface area (Å²) in [5.74, 6) is 0.775. The van der Waals surface area contributed by atoms with Crippen molar-refractivity contribution in [1.29, 1.82) is 0 Å². The summed E-state index contributed by atoms with van der Waals surface area (Å²) < 4.78 is 0. The highest BCUT2D eigenvalue weighted by atomic mass is 32.2. The topological polar surface area (TPSA) is 42.0 Å². The number of nitrogens with zero attached hydrogens (tertiary/aromatic N) is 1. The van der Waals surface area contributed by atoms with Gasteiger partial charge in [-0.05, 0) is 24.3 Å². The Balaban J connectivity index is 1.54. The molecule has 0 radical (unpaired) electrons. The average Bonchev–Trinajstić information content (AvgIpc) is 2.56. The predicted molar refractivity (Wildman–Crippen MR) is 92.2 cm³/mol. The number of hydrogen-bond acceptors (Lipinski definition) is 3. The fraction of sp³-hybridized carbons (Fsp3) is 0.111. The lowest BCUT2D eigenvalue weighted by atomic mass is 10.2. The van der Waals surface area contributed by atoms with Crippen molar-refractivity contribution in [3.8, 4) is 0 Å². The molecule has 0 saturated carbocycles. The van der Waals surface area contributed by atoms with E-state index in [1.807, 2.05) is 48.5 Å². The van der Waals surface area contributed by atoms with Crippen molar-refractivity contribution in [2.75, 3.05) is 11.1 Å². The summed E-state index contributed by atoms with van der Waals surface area (Å²) in [6, 6.07) is 19.9. The standard InChI is InChI=1S/C18H16N2OS/c21-18(10-11-22-16-7-2-1-3-8-16)20-15-12-14-6-4-5-9-17(14)19-13-15/h1-9,12-13H,10-11H2,(H,20,21). The van der Waals surface area contributed by atoms with Gasteiger partial charge in [-0.2, -0.15) is 0 Å². The van der Waals surface area contributed by atoms with E-state index < -0.39 is 0 Å². The number of aromatic nitrogens is 1. The minimum absolute atomic E-state index is 0.0144. The van der Waals surface area contributed by atoms with Crippen LogP contribution in [-0.4, -0.2) is 16.6 Å². The van der Waals surface area contributed by atoms with E-state index in [9.17, 15) is 4.79 Å². The minimum atomic E-state index is 0.0144. The number of benzene rings is 2. The van der Waals surface area contributed by atoms with Gasteiger partial charge in [0.05, 0.1) is 17.4 Å². The van der Waals surface area contributed by atoms with E-state index in [2.05, 4.69) is 22.4 Å². The van der Waals surface area contributed by atoms with Crippen molar-refractivity contribution in [1.82, 2.24) is 4.98 Å². The van der Waals surface area contributed by atoms with Crippen molar-refractivity contribution < 1.29 is 4.79 Å². The van der Waals surface area contributed by atoms with Crippen LogP contribution in [0.15, 0.2) is 71.8 Å². The van der Waals surface area contributed by atoms with Crippen LogP contribution in [0.5, 0.6) is 0 Å². The number of amides is 1. The van der Waals surface area contributed by atoms with E-state index in [0.29, 0.717) is 6.42 Å². The largest absolute Gasteiger partial charge is 0.325 e. The van der Waals surface area contributed by atoms with Gasteiger partial charge in [0, 0.05) is 22.5 Å². The second kappa shape index (κ2) is 7.09. The number of carbonyl (C=O) groups is 1. The first-order valence-electron chi connectivity index (χ1n) is 7.14. The molecule has 110 valence electrons. The third-order valence-electron chi connectivity index (χ3n) is 3.22. The highest BCUT2D eigenvalue weighted by Gasteiger charge is 2.04. The molecule has 0 aliphatic heterocycles. The van der Waals surface area contributed by atoms with Gasteiger partial charge in [-0.15, -0.1) is 11.8 Å². The number of anilines is 1. The van der Waals surface area contributed by atoms with Crippen molar-refractivity contribution in [3.05, 3.63) is 66.9 Å². The minimum Gasteiger partial charge on any atom is -0.325 e. The first-order chi connectivity index (χ1) is 10.8. The van der Waals surface area contributed by atoms with Crippen LogP contribution in [-0.2, 0) is 4.79 Å². The number of para-hydroxylation sites is 1. The Morgan fingerprint density at radius 3 is 2.68 bits per heavy atom. The fourth-order valence-electron chi connectivity index (χ4n) is 2.14. The summed E-state index contributed by atoms with van der Waals surface area (Å²) in [6.07, 6.45) is 2.18. The summed E-state index contributed by atoms with van der Waals surface area (Å²) in [6.45, 7) is 0. The highest BCUT2D eigenvalue weighted by molar-refractivity contribution is 7.99. The lowest BCUT2D eigenvalue weighted by Gasteiger charge is -2.06. The Morgan fingerprint density at radius 2 is 1.82 bits per heavy atom. The third kappa shape index (κ3) is 3.86. The van der Waals surface area contributed by atoms with Crippen molar-refractivity contribution in [2.24, 2.45) is 0 Å². The Hall–Kier alpha value is -2.33. The first-order valence-corrected chi connectivity index (χ1v) is 8.12. The monoisotopic (exact) mass is 308 g/mol. The molecule has 1 heterocycles. The molecule has 1 amide bonds. The number of pyridine rings is 1. The highest BCUT2D eigenvalue weighted by Crippen LogP contribution is 2.19. The van der Waals surface area contributed by atoms with Crippen LogP contribution in [0.1, 0.15) is 6.42 Å². The Kier molecular flexibility index (Phi) is 4.71. The molecule has 3 aromatic rings. The second-order valence-electron chi connectivity index (χ2n) is 4.88. The van der Waals surface area contributed by atoms with E-state index in [1.54, 1.807) is 18.0 Å². The van der Waals surface area contributed by atoms with Crippen molar-refractivity contribution >= 4 is 34.3 Å². The van der Waals surface area contributed by atoms with E-state index in [-0.39, 0.29) is 5.91 Å². The van der Waals surface area contributed by atoms with Crippen LogP contribution >= 0.6 is 11.8 Å². The number of thioether (sulfide) groups is 1. The van der Waals surface area contributed by atoms with Crippen molar-refractivity contribution in [3.63, 3.8) is 0 Å². The van der Waals surface area contributed by atoms with Crippen LogP contribution in [0, 0.1) is 0 Å². The van der Waals surface area contributed by atoms with Gasteiger partial charge in [0.1, 0.15) is 0 Å². The maximum absolute atomic E-state index is 12.0. The van der Waals surface area contributed by atoms with Crippen molar-refractivity contribution in [2.45, 2.75) is 11.3 Å². The van der Waals surface area contributed by atoms with Crippen LogP contribution < -0.4 is 5.32 Å². The zero-order chi connectivity index (χ0) is 15.2. The Morgan fingerprint density at radius 1 is 1.05 bits per heavy atom. The molecule has 4 heteroatoms. The number of carbonyl (C=O) groups excluding carboxylic acids is 1. The van der Waals surface area contributed by atoms with Gasteiger partial charge in [0.15, 0.2) is 0 Å². The summed E-state index contributed by atoms with van der Waals surface area (Å²) >= 11 is 1.69. The molecule has 3 rings (SSSR count). The van der Waals surface area contributed by atoms with Gasteiger partial charge in [-0.1, -0.05) is 36.4 Å². The molecule has 22 heavy (non-hydrogen) atoms. The van der Waals surface area contributed by atoms with Gasteiger partial charge in [-0.3, -0.25) is 9.78 Å². The number of nitrogens with one attached hydrogen (secondary N) is 1. The molecule has 2 aromatic carbocycles. The number of fused-ring (bicyclic) bond motifs is 1. The normalized spacial score (nSPS) is 10.5. The molecule has 0 spiro atoms. The Bertz CT molecular complexity index is 774. The van der Waals surface area contributed by atoms with Crippen LogP contribution in [0.2, 0.25) is 0 Å². The molecule has 3 nitrogen and oxygen atoms in total. The van der Waals surface area contributed by atoms with E-state index in [1.165, 1.54) is 4.90 Å². The zero-order valence-electron chi connectivity index (χ0n) is 12.0. The van der Waals surface area contributed by atoms with Gasteiger partial charge in [0.25, 0.3) is 0 Å². The summed E-state index contributed by atoms with van der Waals surface area (Å²) in [5.41, 5.74) is 1.67. The molecule has 0 aliphatic carbocycles. The molecule has 0 unspecified atom stereocenters. The molecule has 0 fully saturated rings. The second-order valence-corrected chi connectivity index (χ2v) is 6.04. The first kappa shape index (κ1) is 14.6. The SMILES string of the molecule is O=C(CCSc1ccccc1)Nc1cnc2ccccc2c1. The molecule has 0 saturated heterocycles. The third-order valence-corrected chi connectivity index (χ3v) is 4.23. The van der Waals surface area contributed by atoms with E-state index in [4.69, 9.17) is 0 Å². The lowest BCUT2D eigenvalue weighted by molar-refractivity contribution is -0.115. The maximum Gasteiger partial charge on any atom is 0.225 e. The quantitative estimate of drug-likeness (QED) is 0.712. The number of hydrogen-bond donors (Lipinski definition) is 1. The fourth-order valence-corrected chi connectivity index (χ4v) is 3.01. The average molecular weight is 308 g/mol. The van der Waals surface area contributed by atoms with Crippen LogP contribution in [0.25, 0.3) is 10.9 Å². The van der Waals surface area contributed by atoms with Crippen LogP contribution in [0.4, 0.5) is 5.69 Å². The van der Waals surface area contributed by atoms with Gasteiger partial charge < -0.3 is 5.32 Å². The summed E-state index contributed by atoms with van der Waals surface area (Å²) in [5, 5.41) is 3.93. The van der Waals surface area contributed by atoms with Gasteiger partial charge in [-0.25, -0.2) is 0 Å². The lowest BCUT2D eigenvalue weighted by Crippen LogP contribution is -2.12. The molecule has 0 aliphatic rings. The molecular weight excluding hydrogens is 292 g/mol. The number of rotatable bonds is 5. The van der Waals surface area contributed by atoms with E-state index >= 15 is 0 Å². The Labute approximate surface area is 133 Å².